The molecule has 0 fully saturated rings. The Kier molecular flexibility index (Phi) is 4.93. The summed E-state index contributed by atoms with van der Waals surface area (Å²) in [5.74, 6) is -0.722. The van der Waals surface area contributed by atoms with Crippen molar-refractivity contribution in [2.24, 2.45) is 10.2 Å². The summed E-state index contributed by atoms with van der Waals surface area (Å²) in [5.41, 5.74) is 0.517. The van der Waals surface area contributed by atoms with Crippen molar-refractivity contribution in [2.45, 2.75) is 6.92 Å². The third-order valence-electron chi connectivity index (χ3n) is 2.93. The van der Waals surface area contributed by atoms with Crippen LogP contribution >= 0.6 is 0 Å². The van der Waals surface area contributed by atoms with Crippen LogP contribution in [0.5, 0.6) is 0 Å². The van der Waals surface area contributed by atoms with Crippen LogP contribution in [-0.2, 0) is 4.79 Å². The maximum atomic E-state index is 11.7. The lowest BCUT2D eigenvalue weighted by molar-refractivity contribution is -0.384. The third-order valence-corrected chi connectivity index (χ3v) is 2.93. The van der Waals surface area contributed by atoms with Crippen LogP contribution in [0.2, 0.25) is 0 Å². The van der Waals surface area contributed by atoms with Gasteiger partial charge >= 0.3 is 0 Å². The summed E-state index contributed by atoms with van der Waals surface area (Å²) in [6, 6.07) is 13.9. The standard InChI is InChI=1S/C16H13N3O4/c1-11(20)15(16(21)12-5-3-2-4-6-12)18-17-13-7-9-14(10-8-13)19(22)23/h2-10,21H,1H3/b16-15-,18-17?. The molecule has 0 amide bonds. The number of aliphatic hydroxyl groups is 1. The summed E-state index contributed by atoms with van der Waals surface area (Å²) in [7, 11) is 0. The van der Waals surface area contributed by atoms with Crippen molar-refractivity contribution >= 4 is 22.9 Å². The van der Waals surface area contributed by atoms with Crippen molar-refractivity contribution < 1.29 is 14.8 Å². The van der Waals surface area contributed by atoms with Gasteiger partial charge in [-0.2, -0.15) is 5.11 Å². The molecule has 0 aliphatic heterocycles. The molecule has 0 heterocycles. The highest BCUT2D eigenvalue weighted by atomic mass is 16.6. The van der Waals surface area contributed by atoms with Crippen molar-refractivity contribution in [3.05, 3.63) is 76.0 Å². The minimum atomic E-state index is -0.525. The average molecular weight is 311 g/mol. The first-order chi connectivity index (χ1) is 11.0. The Morgan fingerprint density at radius 1 is 1.09 bits per heavy atom. The van der Waals surface area contributed by atoms with Crippen molar-refractivity contribution in [2.75, 3.05) is 0 Å². The Hall–Kier alpha value is -3.35. The van der Waals surface area contributed by atoms with Gasteiger partial charge in [0.15, 0.2) is 17.2 Å². The van der Waals surface area contributed by atoms with Crippen LogP contribution in [-0.4, -0.2) is 15.8 Å². The van der Waals surface area contributed by atoms with Gasteiger partial charge in [-0.3, -0.25) is 14.9 Å². The number of carbonyl (C=O) groups excluding carboxylic acids is 1. The van der Waals surface area contributed by atoms with Crippen molar-refractivity contribution in [3.8, 4) is 0 Å². The number of rotatable bonds is 5. The number of ketones is 1. The number of nitrogens with zero attached hydrogens (tertiary/aromatic N) is 3. The summed E-state index contributed by atoms with van der Waals surface area (Å²) in [6.07, 6.45) is 0. The molecule has 0 aliphatic carbocycles. The molecule has 2 rings (SSSR count). The Labute approximate surface area is 131 Å². The number of nitro groups is 1. The normalized spacial score (nSPS) is 12.0. The zero-order valence-electron chi connectivity index (χ0n) is 12.2. The van der Waals surface area contributed by atoms with Gasteiger partial charge in [0.25, 0.3) is 5.69 Å². The fourth-order valence-electron chi connectivity index (χ4n) is 1.77. The molecule has 23 heavy (non-hydrogen) atoms. The first kappa shape index (κ1) is 16.0. The smallest absolute Gasteiger partial charge is 0.269 e. The van der Waals surface area contributed by atoms with E-state index in [1.807, 2.05) is 0 Å². The first-order valence-corrected chi connectivity index (χ1v) is 6.65. The van der Waals surface area contributed by atoms with Crippen LogP contribution in [0.3, 0.4) is 0 Å². The van der Waals surface area contributed by atoms with Gasteiger partial charge in [0.2, 0.25) is 0 Å². The topological polar surface area (TPSA) is 105 Å². The van der Waals surface area contributed by atoms with E-state index in [0.717, 1.165) is 0 Å². The van der Waals surface area contributed by atoms with Gasteiger partial charge in [-0.15, -0.1) is 5.11 Å². The molecule has 2 aromatic carbocycles. The van der Waals surface area contributed by atoms with E-state index in [2.05, 4.69) is 10.2 Å². The molecule has 0 spiro atoms. The van der Waals surface area contributed by atoms with E-state index >= 15 is 0 Å². The Morgan fingerprint density at radius 3 is 2.22 bits per heavy atom. The number of benzene rings is 2. The third kappa shape index (κ3) is 4.07. The lowest BCUT2D eigenvalue weighted by Gasteiger charge is -2.03. The Bertz CT molecular complexity index is 781. The number of nitro benzene ring substituents is 1. The zero-order valence-corrected chi connectivity index (χ0v) is 12.2. The SMILES string of the molecule is CC(=O)/C(N=Nc1ccc([N+](=O)[O-])cc1)=C(/O)c1ccccc1. The minimum Gasteiger partial charge on any atom is -0.505 e. The zero-order chi connectivity index (χ0) is 16.8. The van der Waals surface area contributed by atoms with Crippen LogP contribution in [0.15, 0.2) is 70.5 Å². The predicted molar refractivity (Wildman–Crippen MR) is 84.3 cm³/mol. The van der Waals surface area contributed by atoms with Crippen LogP contribution in [0.25, 0.3) is 5.76 Å². The first-order valence-electron chi connectivity index (χ1n) is 6.65. The van der Waals surface area contributed by atoms with E-state index in [1.165, 1.54) is 31.2 Å². The second kappa shape index (κ2) is 7.08. The largest absolute Gasteiger partial charge is 0.505 e. The molecule has 1 N–H and O–H groups in total. The van der Waals surface area contributed by atoms with E-state index < -0.39 is 10.7 Å². The second-order valence-corrected chi connectivity index (χ2v) is 4.59. The summed E-state index contributed by atoms with van der Waals surface area (Å²) in [6.45, 7) is 1.27. The molecule has 0 aromatic heterocycles. The van der Waals surface area contributed by atoms with Gasteiger partial charge in [0.05, 0.1) is 10.6 Å². The highest BCUT2D eigenvalue weighted by Gasteiger charge is 2.12. The lowest BCUT2D eigenvalue weighted by Crippen LogP contribution is -1.98. The average Bonchev–Trinajstić information content (AvgIpc) is 2.55. The lowest BCUT2D eigenvalue weighted by atomic mass is 10.1. The molecule has 0 saturated heterocycles. The van der Waals surface area contributed by atoms with Gasteiger partial charge in [-0.05, 0) is 12.1 Å². The Morgan fingerprint density at radius 2 is 1.70 bits per heavy atom. The predicted octanol–water partition coefficient (Wildman–Crippen LogP) is 4.19. The number of azo groups is 1. The van der Waals surface area contributed by atoms with Crippen molar-refractivity contribution in [1.29, 1.82) is 0 Å². The molecule has 0 bridgehead atoms. The number of carbonyl (C=O) groups is 1. The summed E-state index contributed by atoms with van der Waals surface area (Å²) >= 11 is 0. The van der Waals surface area contributed by atoms with E-state index in [0.29, 0.717) is 11.3 Å². The monoisotopic (exact) mass is 311 g/mol. The van der Waals surface area contributed by atoms with E-state index in [4.69, 9.17) is 0 Å². The second-order valence-electron chi connectivity index (χ2n) is 4.59. The molecule has 0 saturated carbocycles. The van der Waals surface area contributed by atoms with E-state index in [9.17, 15) is 20.0 Å². The van der Waals surface area contributed by atoms with Crippen LogP contribution in [0.4, 0.5) is 11.4 Å². The molecular formula is C16H13N3O4. The van der Waals surface area contributed by atoms with Gasteiger partial charge in [0.1, 0.15) is 0 Å². The number of aliphatic hydroxyl groups excluding tert-OH is 1. The fraction of sp³-hybridized carbons (Fsp3) is 0.0625. The molecule has 7 heteroatoms. The van der Waals surface area contributed by atoms with Crippen LogP contribution in [0.1, 0.15) is 12.5 Å². The molecular weight excluding hydrogens is 298 g/mol. The number of Topliss-reactive ketones (excluding diaryl/α,β-unsaturated/α-hetero) is 1. The quantitative estimate of drug-likeness (QED) is 0.294. The number of hydrogen-bond donors (Lipinski definition) is 1. The van der Waals surface area contributed by atoms with Gasteiger partial charge in [-0.25, -0.2) is 0 Å². The summed E-state index contributed by atoms with van der Waals surface area (Å²) in [5, 5.41) is 28.4. The summed E-state index contributed by atoms with van der Waals surface area (Å²) < 4.78 is 0. The van der Waals surface area contributed by atoms with Crippen molar-refractivity contribution in [1.82, 2.24) is 0 Å². The van der Waals surface area contributed by atoms with E-state index in [1.54, 1.807) is 30.3 Å². The van der Waals surface area contributed by atoms with Gasteiger partial charge < -0.3 is 5.11 Å². The van der Waals surface area contributed by atoms with Crippen LogP contribution in [0, 0.1) is 10.1 Å². The molecule has 116 valence electrons. The maximum absolute atomic E-state index is 11.7. The molecule has 7 nitrogen and oxygen atoms in total. The highest BCUT2D eigenvalue weighted by molar-refractivity contribution is 5.99. The Balaban J connectivity index is 2.33. The molecule has 0 aliphatic rings. The number of allylic oxidation sites excluding steroid dienone is 1. The molecule has 0 radical (unpaired) electrons. The van der Waals surface area contributed by atoms with Gasteiger partial charge in [-0.1, -0.05) is 30.3 Å². The number of hydrogen-bond acceptors (Lipinski definition) is 6. The molecule has 2 aromatic rings. The highest BCUT2D eigenvalue weighted by Crippen LogP contribution is 2.22. The van der Waals surface area contributed by atoms with Crippen LogP contribution < -0.4 is 0 Å². The maximum Gasteiger partial charge on any atom is 0.269 e. The molecule has 0 unspecified atom stereocenters. The van der Waals surface area contributed by atoms with Crippen molar-refractivity contribution in [3.63, 3.8) is 0 Å². The fourth-order valence-corrected chi connectivity index (χ4v) is 1.77. The number of non-ortho nitro benzene ring substituents is 1. The van der Waals surface area contributed by atoms with E-state index in [-0.39, 0.29) is 17.1 Å². The van der Waals surface area contributed by atoms with Gasteiger partial charge in [0, 0.05) is 24.6 Å². The summed E-state index contributed by atoms with van der Waals surface area (Å²) in [4.78, 5) is 21.7. The molecule has 0 atom stereocenters. The minimum absolute atomic E-state index is 0.0709.